The summed E-state index contributed by atoms with van der Waals surface area (Å²) in [6.45, 7) is 2.85. The zero-order valence-corrected chi connectivity index (χ0v) is 21.0. The zero-order valence-electron chi connectivity index (χ0n) is 21.0. The number of hydrogen-bond acceptors (Lipinski definition) is 5. The monoisotopic (exact) mass is 496 g/mol. The summed E-state index contributed by atoms with van der Waals surface area (Å²) in [5.74, 6) is 1.36. The molecule has 2 fully saturated rings. The third-order valence-corrected chi connectivity index (χ3v) is 8.81. The lowest BCUT2D eigenvalue weighted by molar-refractivity contribution is 0.227. The highest BCUT2D eigenvalue weighted by Crippen LogP contribution is 2.64. The first-order valence-electron chi connectivity index (χ1n) is 13.3. The molecule has 37 heavy (non-hydrogen) atoms. The minimum atomic E-state index is -0.455. The van der Waals surface area contributed by atoms with Crippen LogP contribution in [0.1, 0.15) is 73.4 Å². The molecule has 0 saturated heterocycles. The van der Waals surface area contributed by atoms with Crippen LogP contribution in [0.5, 0.6) is 5.75 Å². The topological polar surface area (TPSA) is 83.8 Å². The van der Waals surface area contributed by atoms with Crippen LogP contribution < -0.4 is 10.5 Å². The molecule has 7 nitrogen and oxygen atoms in total. The predicted octanol–water partition coefficient (Wildman–Crippen LogP) is 5.50. The summed E-state index contributed by atoms with van der Waals surface area (Å²) in [6.07, 6.45) is 9.41. The number of pyridine rings is 1. The average molecular weight is 497 g/mol. The molecule has 4 aliphatic rings. The van der Waals surface area contributed by atoms with Crippen molar-refractivity contribution < 1.29 is 9.13 Å². The molecule has 2 bridgehead atoms. The Bertz CT molecular complexity index is 1590. The number of fused-ring (bicyclic) bond motifs is 8. The number of benzene rings is 1. The van der Waals surface area contributed by atoms with E-state index in [1.54, 1.807) is 6.07 Å². The molecule has 0 radical (unpaired) electrons. The second-order valence-corrected chi connectivity index (χ2v) is 11.5. The Morgan fingerprint density at radius 3 is 2.78 bits per heavy atom. The molecule has 3 aromatic heterocycles. The summed E-state index contributed by atoms with van der Waals surface area (Å²) in [5, 5.41) is 10.2. The van der Waals surface area contributed by atoms with E-state index >= 15 is 0 Å². The highest BCUT2D eigenvalue weighted by molar-refractivity contribution is 5.75. The Kier molecular flexibility index (Phi) is 4.17. The first-order chi connectivity index (χ1) is 17.9. The van der Waals surface area contributed by atoms with Gasteiger partial charge in [-0.15, -0.1) is 0 Å². The van der Waals surface area contributed by atoms with Crippen LogP contribution in [0.4, 0.5) is 10.2 Å². The Morgan fingerprint density at radius 1 is 1.16 bits per heavy atom. The molecule has 8 heteroatoms. The number of nitrogen functional groups attached to an aromatic ring is 1. The van der Waals surface area contributed by atoms with E-state index in [0.29, 0.717) is 17.5 Å². The second-order valence-electron chi connectivity index (χ2n) is 11.5. The van der Waals surface area contributed by atoms with E-state index in [4.69, 9.17) is 20.7 Å². The SMILES string of the molecule is C[C@H]1Oc2cc(cnc2N)-c2c3c(nn2CC2CC2)C2(CC2)CC3c2cn(C)nc2-c2ccc(F)cc21. The second kappa shape index (κ2) is 7.21. The number of halogens is 1. The van der Waals surface area contributed by atoms with Crippen LogP contribution in [0.3, 0.4) is 0 Å². The fraction of sp³-hybridized carbons (Fsp3) is 0.414. The molecule has 4 heterocycles. The van der Waals surface area contributed by atoms with Gasteiger partial charge < -0.3 is 10.5 Å². The lowest BCUT2D eigenvalue weighted by Crippen LogP contribution is -2.12. The van der Waals surface area contributed by atoms with Gasteiger partial charge >= 0.3 is 0 Å². The van der Waals surface area contributed by atoms with Crippen LogP contribution in [-0.2, 0) is 19.0 Å². The summed E-state index contributed by atoms with van der Waals surface area (Å²) in [5.41, 5.74) is 14.8. The third kappa shape index (κ3) is 3.14. The van der Waals surface area contributed by atoms with E-state index in [9.17, 15) is 4.39 Å². The lowest BCUT2D eigenvalue weighted by Gasteiger charge is -2.23. The molecule has 8 rings (SSSR count). The van der Waals surface area contributed by atoms with Gasteiger partial charge in [0.2, 0.25) is 0 Å². The molecular weight excluding hydrogens is 467 g/mol. The van der Waals surface area contributed by atoms with Gasteiger partial charge in [-0.1, -0.05) is 0 Å². The summed E-state index contributed by atoms with van der Waals surface area (Å²) in [4.78, 5) is 4.55. The van der Waals surface area contributed by atoms with E-state index in [1.807, 2.05) is 37.0 Å². The number of hydrogen-bond donors (Lipinski definition) is 1. The first kappa shape index (κ1) is 21.4. The van der Waals surface area contributed by atoms with Crippen molar-refractivity contribution in [1.82, 2.24) is 24.5 Å². The summed E-state index contributed by atoms with van der Waals surface area (Å²) >= 11 is 0. The molecule has 2 atom stereocenters. The van der Waals surface area contributed by atoms with Crippen LogP contribution in [0, 0.1) is 11.7 Å². The van der Waals surface area contributed by atoms with Crippen molar-refractivity contribution in [3.63, 3.8) is 0 Å². The standard InChI is InChI=1S/C29H29FN6O/c1-15-20-10-18(30)5-6-19(20)25-22(14-35(2)33-25)21-11-29(7-8-29)27-24(21)26(36(34-27)13-16-3-4-16)17-9-23(37-15)28(31)32-12-17/h5-6,9-10,12,14-16,21H,3-4,7-8,11,13H2,1-2H3,(H2,31,32)/t15-,21?/m1/s1. The molecule has 1 aromatic carbocycles. The van der Waals surface area contributed by atoms with Gasteiger partial charge in [-0.3, -0.25) is 9.36 Å². The van der Waals surface area contributed by atoms with E-state index in [-0.39, 0.29) is 17.2 Å². The van der Waals surface area contributed by atoms with Crippen molar-refractivity contribution in [2.75, 3.05) is 5.73 Å². The fourth-order valence-electron chi connectivity index (χ4n) is 6.62. The molecule has 1 spiro atoms. The van der Waals surface area contributed by atoms with Gasteiger partial charge in [0.05, 0.1) is 17.1 Å². The largest absolute Gasteiger partial charge is 0.482 e. The maximum atomic E-state index is 14.5. The third-order valence-electron chi connectivity index (χ3n) is 8.81. The molecule has 1 aliphatic heterocycles. The van der Waals surface area contributed by atoms with Crippen LogP contribution >= 0.6 is 0 Å². The van der Waals surface area contributed by atoms with Crippen molar-refractivity contribution in [2.45, 2.75) is 63.0 Å². The highest BCUT2D eigenvalue weighted by Gasteiger charge is 2.57. The minimum Gasteiger partial charge on any atom is -0.482 e. The number of nitrogens with two attached hydrogens (primary N) is 1. The van der Waals surface area contributed by atoms with Gasteiger partial charge in [0.15, 0.2) is 11.6 Å². The Labute approximate surface area is 214 Å². The van der Waals surface area contributed by atoms with Gasteiger partial charge in [0.25, 0.3) is 0 Å². The van der Waals surface area contributed by atoms with Gasteiger partial charge in [0.1, 0.15) is 11.9 Å². The number of anilines is 1. The van der Waals surface area contributed by atoms with Crippen molar-refractivity contribution in [2.24, 2.45) is 13.0 Å². The molecule has 2 saturated carbocycles. The molecule has 188 valence electrons. The van der Waals surface area contributed by atoms with Crippen molar-refractivity contribution >= 4 is 5.82 Å². The Morgan fingerprint density at radius 2 is 2.00 bits per heavy atom. The zero-order chi connectivity index (χ0) is 25.1. The molecule has 4 aromatic rings. The maximum absolute atomic E-state index is 14.5. The van der Waals surface area contributed by atoms with Gasteiger partial charge in [-0.2, -0.15) is 10.2 Å². The number of ether oxygens (including phenoxy) is 1. The molecule has 1 unspecified atom stereocenters. The van der Waals surface area contributed by atoms with E-state index in [1.165, 1.54) is 48.6 Å². The van der Waals surface area contributed by atoms with Crippen LogP contribution in [0.2, 0.25) is 0 Å². The smallest absolute Gasteiger partial charge is 0.166 e. The Balaban J connectivity index is 1.45. The average Bonchev–Trinajstić information content (AvgIpc) is 3.75. The highest BCUT2D eigenvalue weighted by atomic mass is 19.1. The normalized spacial score (nSPS) is 22.5. The van der Waals surface area contributed by atoms with E-state index < -0.39 is 6.10 Å². The quantitative estimate of drug-likeness (QED) is 0.396. The van der Waals surface area contributed by atoms with Crippen molar-refractivity contribution in [3.8, 4) is 28.3 Å². The van der Waals surface area contributed by atoms with Gasteiger partial charge in [0, 0.05) is 65.1 Å². The van der Waals surface area contributed by atoms with E-state index in [2.05, 4.69) is 15.9 Å². The summed E-state index contributed by atoms with van der Waals surface area (Å²) in [7, 11) is 1.96. The van der Waals surface area contributed by atoms with Crippen molar-refractivity contribution in [3.05, 3.63) is 64.9 Å². The minimum absolute atomic E-state index is 0.135. The van der Waals surface area contributed by atoms with Gasteiger partial charge in [-0.05, 0) is 69.2 Å². The molecular formula is C29H29FN6O. The van der Waals surface area contributed by atoms with Crippen LogP contribution in [0.15, 0.2) is 36.7 Å². The van der Waals surface area contributed by atoms with E-state index in [0.717, 1.165) is 41.0 Å². The van der Waals surface area contributed by atoms with Gasteiger partial charge in [-0.25, -0.2) is 9.37 Å². The fourth-order valence-corrected chi connectivity index (χ4v) is 6.62. The Hall–Kier alpha value is -3.68. The predicted molar refractivity (Wildman–Crippen MR) is 138 cm³/mol. The number of rotatable bonds is 2. The number of aromatic nitrogens is 5. The number of nitrogens with zero attached hydrogens (tertiary/aromatic N) is 5. The van der Waals surface area contributed by atoms with Crippen molar-refractivity contribution in [1.29, 1.82) is 0 Å². The summed E-state index contributed by atoms with van der Waals surface area (Å²) < 4.78 is 25.1. The molecule has 0 amide bonds. The maximum Gasteiger partial charge on any atom is 0.166 e. The molecule has 2 N–H and O–H groups in total. The van der Waals surface area contributed by atoms with Crippen LogP contribution in [0.25, 0.3) is 22.5 Å². The number of aryl methyl sites for hydroxylation is 1. The summed E-state index contributed by atoms with van der Waals surface area (Å²) in [6, 6.07) is 6.90. The molecule has 3 aliphatic carbocycles. The van der Waals surface area contributed by atoms with Crippen LogP contribution in [-0.4, -0.2) is 24.5 Å². The first-order valence-corrected chi connectivity index (χ1v) is 13.3. The lowest BCUT2D eigenvalue weighted by atomic mass is 9.87.